The number of carboxylic acid groups (broad SMARTS) is 1. The lowest BCUT2D eigenvalue weighted by molar-refractivity contribution is 0.0693. The summed E-state index contributed by atoms with van der Waals surface area (Å²) in [7, 11) is 0. The monoisotopic (exact) mass is 295 g/mol. The molecule has 1 atom stereocenters. The van der Waals surface area contributed by atoms with E-state index in [1.807, 2.05) is 24.5 Å². The molecular weight excluding hydrogens is 270 g/mol. The summed E-state index contributed by atoms with van der Waals surface area (Å²) >= 11 is 1.49. The van der Waals surface area contributed by atoms with Crippen LogP contribution in [0.25, 0.3) is 0 Å². The fraction of sp³-hybridized carbons (Fsp3) is 0.562. The molecule has 4 heteroatoms. The van der Waals surface area contributed by atoms with E-state index in [0.717, 1.165) is 36.4 Å². The van der Waals surface area contributed by atoms with Crippen molar-refractivity contribution in [1.29, 1.82) is 0 Å². The van der Waals surface area contributed by atoms with Gasteiger partial charge < -0.3 is 10.0 Å². The van der Waals surface area contributed by atoms with E-state index >= 15 is 0 Å². The first kappa shape index (κ1) is 16.9. The highest BCUT2D eigenvalue weighted by atomic mass is 32.2. The summed E-state index contributed by atoms with van der Waals surface area (Å²) in [6.07, 6.45) is 5.11. The van der Waals surface area contributed by atoms with Crippen molar-refractivity contribution in [3.63, 3.8) is 0 Å². The Hall–Kier alpha value is -1.16. The van der Waals surface area contributed by atoms with Gasteiger partial charge in [-0.25, -0.2) is 4.79 Å². The van der Waals surface area contributed by atoms with Crippen LogP contribution in [0.15, 0.2) is 23.1 Å². The number of anilines is 1. The van der Waals surface area contributed by atoms with E-state index in [0.29, 0.717) is 11.6 Å². The van der Waals surface area contributed by atoms with Crippen LogP contribution in [0.3, 0.4) is 0 Å². The Bertz CT molecular complexity index is 448. The maximum absolute atomic E-state index is 11.7. The van der Waals surface area contributed by atoms with Crippen LogP contribution in [0, 0.1) is 0 Å². The average Bonchev–Trinajstić information content (AvgIpc) is 2.46. The van der Waals surface area contributed by atoms with E-state index < -0.39 is 5.97 Å². The van der Waals surface area contributed by atoms with Crippen LogP contribution in [0.1, 0.15) is 50.4 Å². The van der Waals surface area contributed by atoms with E-state index in [1.54, 1.807) is 0 Å². The molecule has 112 valence electrons. The first-order valence-electron chi connectivity index (χ1n) is 7.23. The molecule has 0 aliphatic rings. The molecule has 1 rings (SSSR count). The largest absolute Gasteiger partial charge is 0.478 e. The molecule has 1 aromatic rings. The minimum absolute atomic E-state index is 0.344. The molecule has 1 unspecified atom stereocenters. The van der Waals surface area contributed by atoms with Crippen LogP contribution in [0.2, 0.25) is 0 Å². The summed E-state index contributed by atoms with van der Waals surface area (Å²) in [5.74, 6) is -0.838. The highest BCUT2D eigenvalue weighted by molar-refractivity contribution is 7.98. The van der Waals surface area contributed by atoms with E-state index in [4.69, 9.17) is 0 Å². The quantitative estimate of drug-likeness (QED) is 0.716. The van der Waals surface area contributed by atoms with Gasteiger partial charge in [0.25, 0.3) is 0 Å². The van der Waals surface area contributed by atoms with Gasteiger partial charge in [-0.3, -0.25) is 0 Å². The molecule has 20 heavy (non-hydrogen) atoms. The van der Waals surface area contributed by atoms with Crippen molar-refractivity contribution < 1.29 is 9.90 Å². The standard InChI is InChI=1S/C16H25NO2S/c1-5-7-11-17(12(3)6-2)13-9-8-10-14(20-4)15(13)16(18)19/h8-10,12H,5-7,11H2,1-4H3,(H,18,19). The number of unbranched alkanes of at least 4 members (excludes halogenated alkanes) is 1. The lowest BCUT2D eigenvalue weighted by Gasteiger charge is -2.32. The fourth-order valence-corrected chi connectivity index (χ4v) is 2.88. The molecule has 0 fully saturated rings. The topological polar surface area (TPSA) is 40.5 Å². The van der Waals surface area contributed by atoms with Gasteiger partial charge >= 0.3 is 5.97 Å². The number of hydrogen-bond acceptors (Lipinski definition) is 3. The van der Waals surface area contributed by atoms with E-state index in [1.165, 1.54) is 11.8 Å². The summed E-state index contributed by atoms with van der Waals surface area (Å²) in [5, 5.41) is 9.57. The maximum atomic E-state index is 11.7. The molecule has 1 aromatic carbocycles. The van der Waals surface area contributed by atoms with Gasteiger partial charge in [-0.1, -0.05) is 26.3 Å². The number of thioether (sulfide) groups is 1. The Kier molecular flexibility index (Phi) is 6.93. The molecule has 0 heterocycles. The minimum atomic E-state index is -0.838. The van der Waals surface area contributed by atoms with Crippen molar-refractivity contribution >= 4 is 23.4 Å². The zero-order valence-electron chi connectivity index (χ0n) is 12.8. The first-order chi connectivity index (χ1) is 9.56. The average molecular weight is 295 g/mol. The van der Waals surface area contributed by atoms with E-state index in [2.05, 4.69) is 25.7 Å². The molecule has 0 amide bonds. The summed E-state index contributed by atoms with van der Waals surface area (Å²) < 4.78 is 0. The Morgan fingerprint density at radius 1 is 1.40 bits per heavy atom. The zero-order valence-corrected chi connectivity index (χ0v) is 13.7. The highest BCUT2D eigenvalue weighted by Crippen LogP contribution is 2.31. The lowest BCUT2D eigenvalue weighted by atomic mass is 10.1. The third-order valence-electron chi connectivity index (χ3n) is 3.62. The van der Waals surface area contributed by atoms with Crippen LogP contribution in [-0.4, -0.2) is 29.9 Å². The lowest BCUT2D eigenvalue weighted by Crippen LogP contribution is -2.34. The second-order valence-electron chi connectivity index (χ2n) is 4.96. The summed E-state index contributed by atoms with van der Waals surface area (Å²) in [5.41, 5.74) is 1.29. The normalized spacial score (nSPS) is 12.2. The smallest absolute Gasteiger partial charge is 0.338 e. The Balaban J connectivity index is 3.27. The number of carbonyl (C=O) groups is 1. The number of nitrogens with zero attached hydrogens (tertiary/aromatic N) is 1. The third kappa shape index (κ3) is 3.92. The molecule has 0 bridgehead atoms. The zero-order chi connectivity index (χ0) is 15.1. The predicted molar refractivity (Wildman–Crippen MR) is 87.2 cm³/mol. The number of rotatable bonds is 8. The first-order valence-corrected chi connectivity index (χ1v) is 8.46. The number of carboxylic acids is 1. The Labute approximate surface area is 126 Å². The molecule has 0 radical (unpaired) electrons. The summed E-state index contributed by atoms with van der Waals surface area (Å²) in [4.78, 5) is 14.7. The summed E-state index contributed by atoms with van der Waals surface area (Å²) in [6.45, 7) is 7.37. The molecule has 0 saturated heterocycles. The van der Waals surface area contributed by atoms with Crippen molar-refractivity contribution in [2.75, 3.05) is 17.7 Å². The van der Waals surface area contributed by atoms with Gasteiger partial charge in [0.05, 0.1) is 11.3 Å². The van der Waals surface area contributed by atoms with Gasteiger partial charge in [0, 0.05) is 17.5 Å². The Morgan fingerprint density at radius 3 is 2.60 bits per heavy atom. The minimum Gasteiger partial charge on any atom is -0.478 e. The van der Waals surface area contributed by atoms with Gasteiger partial charge in [-0.05, 0) is 38.2 Å². The van der Waals surface area contributed by atoms with Crippen molar-refractivity contribution in [3.05, 3.63) is 23.8 Å². The van der Waals surface area contributed by atoms with Crippen molar-refractivity contribution in [2.24, 2.45) is 0 Å². The van der Waals surface area contributed by atoms with Gasteiger partial charge in [0.15, 0.2) is 0 Å². The Morgan fingerprint density at radius 2 is 2.10 bits per heavy atom. The van der Waals surface area contributed by atoms with E-state index in [9.17, 15) is 9.90 Å². The second-order valence-corrected chi connectivity index (χ2v) is 5.81. The third-order valence-corrected chi connectivity index (χ3v) is 4.40. The van der Waals surface area contributed by atoms with Crippen LogP contribution >= 0.6 is 11.8 Å². The van der Waals surface area contributed by atoms with Gasteiger partial charge in [0.2, 0.25) is 0 Å². The second kappa shape index (κ2) is 8.20. The number of benzene rings is 1. The van der Waals surface area contributed by atoms with Gasteiger partial charge in [-0.15, -0.1) is 11.8 Å². The van der Waals surface area contributed by atoms with Crippen molar-refractivity contribution in [1.82, 2.24) is 0 Å². The van der Waals surface area contributed by atoms with Crippen molar-refractivity contribution in [3.8, 4) is 0 Å². The predicted octanol–water partition coefficient (Wildman–Crippen LogP) is 4.51. The number of hydrogen-bond donors (Lipinski definition) is 1. The molecule has 3 nitrogen and oxygen atoms in total. The number of aromatic carboxylic acids is 1. The fourth-order valence-electron chi connectivity index (χ4n) is 2.27. The van der Waals surface area contributed by atoms with Crippen LogP contribution in [-0.2, 0) is 0 Å². The molecule has 0 saturated carbocycles. The van der Waals surface area contributed by atoms with Gasteiger partial charge in [0.1, 0.15) is 0 Å². The maximum Gasteiger partial charge on any atom is 0.338 e. The molecule has 0 spiro atoms. The van der Waals surface area contributed by atoms with Crippen LogP contribution < -0.4 is 4.90 Å². The molecule has 0 aromatic heterocycles. The van der Waals surface area contributed by atoms with Gasteiger partial charge in [-0.2, -0.15) is 0 Å². The summed E-state index contributed by atoms with van der Waals surface area (Å²) in [6, 6.07) is 6.11. The molecule has 0 aliphatic heterocycles. The molecular formula is C16H25NO2S. The SMILES string of the molecule is CCCCN(c1cccc(SC)c1C(=O)O)C(C)CC. The van der Waals surface area contributed by atoms with Crippen LogP contribution in [0.5, 0.6) is 0 Å². The van der Waals surface area contributed by atoms with E-state index in [-0.39, 0.29) is 0 Å². The molecule has 1 N–H and O–H groups in total. The van der Waals surface area contributed by atoms with Crippen LogP contribution in [0.4, 0.5) is 5.69 Å². The highest BCUT2D eigenvalue weighted by Gasteiger charge is 2.21. The van der Waals surface area contributed by atoms with Crippen molar-refractivity contribution in [2.45, 2.75) is 51.0 Å². The molecule has 0 aliphatic carbocycles.